The molecule has 188 valence electrons. The molecule has 0 bridgehead atoms. The van der Waals surface area contributed by atoms with E-state index in [-0.39, 0.29) is 18.0 Å². The van der Waals surface area contributed by atoms with E-state index in [4.69, 9.17) is 4.74 Å². The van der Waals surface area contributed by atoms with Crippen molar-refractivity contribution in [1.82, 2.24) is 14.9 Å². The topological polar surface area (TPSA) is 90.8 Å². The summed E-state index contributed by atoms with van der Waals surface area (Å²) in [6.07, 6.45) is 4.79. The Hall–Kier alpha value is -2.78. The second kappa shape index (κ2) is 9.02. The van der Waals surface area contributed by atoms with Gasteiger partial charge in [-0.2, -0.15) is 4.98 Å². The molecule has 0 spiro atoms. The van der Waals surface area contributed by atoms with Gasteiger partial charge in [-0.15, -0.1) is 0 Å². The number of benzene rings is 1. The lowest BCUT2D eigenvalue weighted by Gasteiger charge is -2.35. The van der Waals surface area contributed by atoms with Gasteiger partial charge in [-0.1, -0.05) is 12.1 Å². The van der Waals surface area contributed by atoms with Crippen molar-refractivity contribution >= 4 is 17.9 Å². The van der Waals surface area contributed by atoms with Crippen molar-refractivity contribution in [3.8, 4) is 0 Å². The van der Waals surface area contributed by atoms with E-state index in [1.165, 1.54) is 0 Å². The highest BCUT2D eigenvalue weighted by molar-refractivity contribution is 5.90. The van der Waals surface area contributed by atoms with Crippen LogP contribution in [-0.4, -0.2) is 56.9 Å². The van der Waals surface area contributed by atoms with E-state index < -0.39 is 11.1 Å². The molecule has 2 saturated heterocycles. The quantitative estimate of drug-likeness (QED) is 0.608. The number of hydrogen-bond donors (Lipinski definition) is 2. The molecular weight excluding hydrogens is 449 g/mol. The van der Waals surface area contributed by atoms with Gasteiger partial charge in [-0.3, -0.25) is 9.80 Å². The van der Waals surface area contributed by atoms with Crippen LogP contribution in [0.2, 0.25) is 0 Å². The van der Waals surface area contributed by atoms with Crippen molar-refractivity contribution in [2.45, 2.75) is 70.2 Å². The number of hydrogen-bond acceptors (Lipinski definition) is 7. The molecule has 1 aromatic heterocycles. The molecule has 2 N–H and O–H groups in total. The third-order valence-electron chi connectivity index (χ3n) is 7.76. The molecule has 2 aromatic rings. The number of aromatic nitrogens is 2. The minimum atomic E-state index is -0.620. The number of halogens is 1. The fourth-order valence-corrected chi connectivity index (χ4v) is 5.12. The maximum atomic E-state index is 14.9. The molecule has 2 atom stereocenters. The van der Waals surface area contributed by atoms with Crippen LogP contribution in [0.4, 0.5) is 21.0 Å². The predicted octanol–water partition coefficient (Wildman–Crippen LogP) is 4.26. The SMILES string of the molecule is C[C@H](Nc1nccc(N2C(=O)OC[C@]2(C)C2CC2)n1)c1ccc(CN2CCC(C)(O)CC2)c(F)c1. The molecule has 1 aromatic carbocycles. The number of anilines is 2. The molecule has 3 heterocycles. The number of rotatable bonds is 7. The van der Waals surface area contributed by atoms with E-state index in [9.17, 15) is 14.3 Å². The Morgan fingerprint density at radius 3 is 2.69 bits per heavy atom. The van der Waals surface area contributed by atoms with E-state index in [0.717, 1.165) is 31.5 Å². The summed E-state index contributed by atoms with van der Waals surface area (Å²) in [5.74, 6) is 1.05. The lowest BCUT2D eigenvalue weighted by atomic mass is 9.93. The summed E-state index contributed by atoms with van der Waals surface area (Å²) < 4.78 is 20.3. The largest absolute Gasteiger partial charge is 0.447 e. The van der Waals surface area contributed by atoms with Crippen molar-refractivity contribution in [2.75, 3.05) is 29.9 Å². The first-order chi connectivity index (χ1) is 16.6. The van der Waals surface area contributed by atoms with Crippen LogP contribution in [0.3, 0.4) is 0 Å². The highest BCUT2D eigenvalue weighted by atomic mass is 19.1. The molecule has 1 amide bonds. The van der Waals surface area contributed by atoms with E-state index in [1.54, 1.807) is 23.2 Å². The van der Waals surface area contributed by atoms with E-state index in [2.05, 4.69) is 20.2 Å². The van der Waals surface area contributed by atoms with Gasteiger partial charge in [0.05, 0.1) is 17.2 Å². The van der Waals surface area contributed by atoms with Crippen molar-refractivity contribution in [3.05, 3.63) is 47.4 Å². The number of cyclic esters (lactones) is 1. The molecule has 5 rings (SSSR count). The van der Waals surface area contributed by atoms with Crippen molar-refractivity contribution in [2.24, 2.45) is 5.92 Å². The van der Waals surface area contributed by atoms with Crippen LogP contribution in [-0.2, 0) is 11.3 Å². The van der Waals surface area contributed by atoms with Crippen LogP contribution in [0.25, 0.3) is 0 Å². The fraction of sp³-hybridized carbons (Fsp3) is 0.577. The van der Waals surface area contributed by atoms with Gasteiger partial charge in [0.1, 0.15) is 18.2 Å². The second-order valence-electron chi connectivity index (χ2n) is 10.7. The Morgan fingerprint density at radius 2 is 2.00 bits per heavy atom. The number of carbonyl (C=O) groups is 1. The third kappa shape index (κ3) is 4.97. The molecule has 1 aliphatic carbocycles. The van der Waals surface area contributed by atoms with Crippen LogP contribution in [0.15, 0.2) is 30.5 Å². The summed E-state index contributed by atoms with van der Waals surface area (Å²) in [5, 5.41) is 13.4. The number of amides is 1. The first-order valence-electron chi connectivity index (χ1n) is 12.4. The summed E-state index contributed by atoms with van der Waals surface area (Å²) in [6.45, 7) is 8.23. The van der Waals surface area contributed by atoms with Gasteiger partial charge in [0.2, 0.25) is 5.95 Å². The lowest BCUT2D eigenvalue weighted by molar-refractivity contribution is -0.00750. The zero-order valence-electron chi connectivity index (χ0n) is 20.6. The molecule has 3 fully saturated rings. The Kier molecular flexibility index (Phi) is 6.17. The first kappa shape index (κ1) is 23.9. The predicted molar refractivity (Wildman–Crippen MR) is 131 cm³/mol. The average molecular weight is 484 g/mol. The van der Waals surface area contributed by atoms with Gasteiger partial charge in [0, 0.05) is 31.4 Å². The Labute approximate surface area is 205 Å². The number of ether oxygens (including phenoxy) is 1. The van der Waals surface area contributed by atoms with E-state index in [0.29, 0.717) is 49.2 Å². The lowest BCUT2D eigenvalue weighted by Crippen LogP contribution is -2.47. The fourth-order valence-electron chi connectivity index (χ4n) is 5.12. The molecule has 3 aliphatic rings. The van der Waals surface area contributed by atoms with E-state index in [1.807, 2.05) is 32.9 Å². The summed E-state index contributed by atoms with van der Waals surface area (Å²) in [4.78, 5) is 25.2. The highest BCUT2D eigenvalue weighted by Crippen LogP contribution is 2.47. The van der Waals surface area contributed by atoms with E-state index >= 15 is 0 Å². The van der Waals surface area contributed by atoms with Crippen molar-refractivity contribution in [1.29, 1.82) is 0 Å². The van der Waals surface area contributed by atoms with Gasteiger partial charge in [0.15, 0.2) is 0 Å². The zero-order chi connectivity index (χ0) is 24.8. The van der Waals surface area contributed by atoms with Crippen LogP contribution in [0.5, 0.6) is 0 Å². The average Bonchev–Trinajstić information content (AvgIpc) is 3.62. The van der Waals surface area contributed by atoms with Crippen LogP contribution >= 0.6 is 0 Å². The first-order valence-corrected chi connectivity index (χ1v) is 12.4. The summed E-state index contributed by atoms with van der Waals surface area (Å²) in [5.41, 5.74) is 0.417. The molecule has 2 aliphatic heterocycles. The van der Waals surface area contributed by atoms with Crippen LogP contribution < -0.4 is 10.2 Å². The minimum absolute atomic E-state index is 0.237. The number of piperidine rings is 1. The summed E-state index contributed by atoms with van der Waals surface area (Å²) in [6, 6.07) is 6.78. The molecule has 0 unspecified atom stereocenters. The van der Waals surface area contributed by atoms with Crippen molar-refractivity contribution < 1.29 is 19.0 Å². The Balaban J connectivity index is 1.26. The highest BCUT2D eigenvalue weighted by Gasteiger charge is 2.54. The molecule has 1 saturated carbocycles. The molecule has 35 heavy (non-hydrogen) atoms. The van der Waals surface area contributed by atoms with Gasteiger partial charge in [-0.05, 0) is 70.1 Å². The number of nitrogens with one attached hydrogen (secondary N) is 1. The number of aliphatic hydroxyl groups is 1. The second-order valence-corrected chi connectivity index (χ2v) is 10.7. The Bertz CT molecular complexity index is 1100. The number of nitrogens with zero attached hydrogens (tertiary/aromatic N) is 4. The molecule has 9 heteroatoms. The van der Waals surface area contributed by atoms with Gasteiger partial charge < -0.3 is 15.2 Å². The summed E-state index contributed by atoms with van der Waals surface area (Å²) in [7, 11) is 0. The standard InChI is InChI=1S/C26H34FN5O3/c1-17(18-4-5-19(21(27)14-18)15-31-12-9-25(2,34)10-13-31)29-23-28-11-8-22(30-23)32-24(33)35-16-26(32,3)20-6-7-20/h4-5,8,11,14,17,20,34H,6-7,9-10,12-13,15-16H2,1-3H3,(H,28,29,30)/t17-,26+/m0/s1. The molecule has 0 radical (unpaired) electrons. The molecular formula is C26H34FN5O3. The minimum Gasteiger partial charge on any atom is -0.447 e. The maximum Gasteiger partial charge on any atom is 0.416 e. The van der Waals surface area contributed by atoms with Gasteiger partial charge >= 0.3 is 6.09 Å². The normalized spacial score (nSPS) is 25.4. The zero-order valence-corrected chi connectivity index (χ0v) is 20.6. The summed E-state index contributed by atoms with van der Waals surface area (Å²) >= 11 is 0. The van der Waals surface area contributed by atoms with Crippen LogP contribution in [0, 0.1) is 11.7 Å². The van der Waals surface area contributed by atoms with Gasteiger partial charge in [-0.25, -0.2) is 14.2 Å². The molecule has 8 nitrogen and oxygen atoms in total. The van der Waals surface area contributed by atoms with Gasteiger partial charge in [0.25, 0.3) is 0 Å². The smallest absolute Gasteiger partial charge is 0.416 e. The third-order valence-corrected chi connectivity index (χ3v) is 7.76. The number of carbonyl (C=O) groups excluding carboxylic acids is 1. The van der Waals surface area contributed by atoms with Crippen LogP contribution in [0.1, 0.15) is 63.6 Å². The van der Waals surface area contributed by atoms with Crippen molar-refractivity contribution in [3.63, 3.8) is 0 Å². The maximum absolute atomic E-state index is 14.9. The Morgan fingerprint density at radius 1 is 1.26 bits per heavy atom. The number of likely N-dealkylation sites (tertiary alicyclic amines) is 1. The monoisotopic (exact) mass is 483 g/mol.